The molecule has 0 bridgehead atoms. The first-order chi connectivity index (χ1) is 8.15. The van der Waals surface area contributed by atoms with Gasteiger partial charge >= 0.3 is 0 Å². The van der Waals surface area contributed by atoms with Gasteiger partial charge in [-0.3, -0.25) is 9.48 Å². The number of likely N-dealkylation sites (tertiary alicyclic amines) is 1. The molecule has 1 saturated heterocycles. The van der Waals surface area contributed by atoms with Crippen molar-refractivity contribution in [2.75, 3.05) is 13.1 Å². The number of amides is 1. The highest BCUT2D eigenvalue weighted by atomic mass is 16.2. The van der Waals surface area contributed by atoms with Crippen LogP contribution in [0.1, 0.15) is 18.5 Å². The highest BCUT2D eigenvalue weighted by Gasteiger charge is 2.31. The van der Waals surface area contributed by atoms with E-state index >= 15 is 0 Å². The van der Waals surface area contributed by atoms with E-state index < -0.39 is 0 Å². The molecule has 1 fully saturated rings. The minimum Gasteiger partial charge on any atom is -0.339 e. The summed E-state index contributed by atoms with van der Waals surface area (Å²) in [7, 11) is 0. The normalized spacial score (nSPS) is 16.2. The molecule has 4 heteroatoms. The molecule has 1 aliphatic heterocycles. The molecule has 1 aromatic carbocycles. The fraction of sp³-hybridized carbons (Fsp3) is 0.385. The first kappa shape index (κ1) is 10.3. The van der Waals surface area contributed by atoms with E-state index in [9.17, 15) is 4.79 Å². The number of nitrogens with zero attached hydrogens (tertiary/aromatic N) is 3. The summed E-state index contributed by atoms with van der Waals surface area (Å²) >= 11 is 0. The van der Waals surface area contributed by atoms with Crippen molar-refractivity contribution >= 4 is 16.8 Å². The maximum atomic E-state index is 11.2. The Morgan fingerprint density at radius 1 is 1.41 bits per heavy atom. The largest absolute Gasteiger partial charge is 0.339 e. The molecule has 3 rings (SSSR count). The average Bonchev–Trinajstić information content (AvgIpc) is 2.59. The molecule has 0 radical (unpaired) electrons. The van der Waals surface area contributed by atoms with Gasteiger partial charge in [-0.2, -0.15) is 5.10 Å². The fourth-order valence-corrected chi connectivity index (χ4v) is 2.31. The molecule has 1 aromatic heterocycles. The summed E-state index contributed by atoms with van der Waals surface area (Å²) in [6.45, 7) is 5.25. The number of carbonyl (C=O) groups excluding carboxylic acids is 1. The predicted molar refractivity (Wildman–Crippen MR) is 65.8 cm³/mol. The predicted octanol–water partition coefficient (Wildman–Crippen LogP) is 1.75. The van der Waals surface area contributed by atoms with E-state index in [1.54, 1.807) is 6.92 Å². The van der Waals surface area contributed by atoms with Gasteiger partial charge in [0.05, 0.1) is 17.8 Å². The van der Waals surface area contributed by atoms with Gasteiger partial charge in [0, 0.05) is 25.4 Å². The lowest BCUT2D eigenvalue weighted by Crippen LogP contribution is -2.50. The van der Waals surface area contributed by atoms with E-state index in [1.165, 1.54) is 11.1 Å². The van der Waals surface area contributed by atoms with Crippen LogP contribution in [0.3, 0.4) is 0 Å². The summed E-state index contributed by atoms with van der Waals surface area (Å²) in [5.74, 6) is 0.147. The van der Waals surface area contributed by atoms with Gasteiger partial charge in [-0.05, 0) is 18.6 Å². The number of carbonyl (C=O) groups is 1. The molecule has 0 N–H and O–H groups in total. The Balaban J connectivity index is 1.92. The van der Waals surface area contributed by atoms with Crippen LogP contribution in [0.4, 0.5) is 0 Å². The van der Waals surface area contributed by atoms with Crippen molar-refractivity contribution in [1.29, 1.82) is 0 Å². The molecule has 88 valence electrons. The Bertz CT molecular complexity index is 581. The van der Waals surface area contributed by atoms with E-state index in [0.29, 0.717) is 6.04 Å². The lowest BCUT2D eigenvalue weighted by molar-refractivity contribution is -0.134. The molecule has 0 aliphatic carbocycles. The summed E-state index contributed by atoms with van der Waals surface area (Å²) in [6, 6.07) is 6.67. The first-order valence-corrected chi connectivity index (χ1v) is 5.84. The zero-order valence-electron chi connectivity index (χ0n) is 10.1. The molecular formula is C13H15N3O. The topological polar surface area (TPSA) is 38.1 Å². The van der Waals surface area contributed by atoms with Crippen molar-refractivity contribution in [3.05, 3.63) is 30.0 Å². The van der Waals surface area contributed by atoms with Gasteiger partial charge in [0.15, 0.2) is 0 Å². The fourth-order valence-electron chi connectivity index (χ4n) is 2.31. The molecule has 2 heterocycles. The lowest BCUT2D eigenvalue weighted by atomic mass is 10.1. The zero-order valence-corrected chi connectivity index (χ0v) is 10.1. The summed E-state index contributed by atoms with van der Waals surface area (Å²) in [5.41, 5.74) is 2.40. The first-order valence-electron chi connectivity index (χ1n) is 5.84. The summed E-state index contributed by atoms with van der Waals surface area (Å²) in [4.78, 5) is 13.0. The van der Waals surface area contributed by atoms with E-state index in [0.717, 1.165) is 18.5 Å². The highest BCUT2D eigenvalue weighted by molar-refractivity contribution is 5.79. The quantitative estimate of drug-likeness (QED) is 0.747. The number of benzene rings is 1. The summed E-state index contributed by atoms with van der Waals surface area (Å²) in [6.07, 6.45) is 1.89. The van der Waals surface area contributed by atoms with Gasteiger partial charge < -0.3 is 4.90 Å². The SMILES string of the molecule is CC(=O)N1CC(n2ncc3ccc(C)cc32)C1. The maximum Gasteiger partial charge on any atom is 0.219 e. The molecular weight excluding hydrogens is 214 g/mol. The molecule has 0 unspecified atom stereocenters. The number of hydrogen-bond donors (Lipinski definition) is 0. The van der Waals surface area contributed by atoms with Crippen molar-refractivity contribution in [2.45, 2.75) is 19.9 Å². The molecule has 0 spiro atoms. The van der Waals surface area contributed by atoms with Gasteiger partial charge in [0.25, 0.3) is 0 Å². The minimum absolute atomic E-state index is 0.147. The monoisotopic (exact) mass is 229 g/mol. The Morgan fingerprint density at radius 2 is 2.18 bits per heavy atom. The molecule has 17 heavy (non-hydrogen) atoms. The van der Waals surface area contributed by atoms with Crippen LogP contribution < -0.4 is 0 Å². The van der Waals surface area contributed by atoms with Crippen LogP contribution in [0.25, 0.3) is 10.9 Å². The Hall–Kier alpha value is -1.84. The molecule has 1 amide bonds. The second-order valence-corrected chi connectivity index (χ2v) is 4.73. The van der Waals surface area contributed by atoms with E-state index in [2.05, 4.69) is 30.2 Å². The second-order valence-electron chi connectivity index (χ2n) is 4.73. The third kappa shape index (κ3) is 1.60. The van der Waals surface area contributed by atoms with Crippen LogP contribution in [-0.4, -0.2) is 33.7 Å². The van der Waals surface area contributed by atoms with E-state index in [1.807, 2.05) is 15.8 Å². The standard InChI is InChI=1S/C13H15N3O/c1-9-3-4-11-6-14-16(13(11)5-9)12-7-15(8-12)10(2)17/h3-6,12H,7-8H2,1-2H3. The second kappa shape index (κ2) is 3.58. The smallest absolute Gasteiger partial charge is 0.219 e. The van der Waals surface area contributed by atoms with Crippen LogP contribution >= 0.6 is 0 Å². The number of fused-ring (bicyclic) bond motifs is 1. The third-order valence-corrected chi connectivity index (χ3v) is 3.41. The third-order valence-electron chi connectivity index (χ3n) is 3.41. The van der Waals surface area contributed by atoms with Gasteiger partial charge in [0.1, 0.15) is 0 Å². The van der Waals surface area contributed by atoms with Gasteiger partial charge in [-0.15, -0.1) is 0 Å². The van der Waals surface area contributed by atoms with Crippen LogP contribution in [0.15, 0.2) is 24.4 Å². The van der Waals surface area contributed by atoms with Crippen LogP contribution in [0.2, 0.25) is 0 Å². The van der Waals surface area contributed by atoms with Crippen molar-refractivity contribution in [3.8, 4) is 0 Å². The van der Waals surface area contributed by atoms with E-state index in [4.69, 9.17) is 0 Å². The van der Waals surface area contributed by atoms with Crippen LogP contribution in [-0.2, 0) is 4.79 Å². The van der Waals surface area contributed by atoms with Crippen LogP contribution in [0.5, 0.6) is 0 Å². The molecule has 4 nitrogen and oxygen atoms in total. The zero-order chi connectivity index (χ0) is 12.0. The molecule has 2 aromatic rings. The van der Waals surface area contributed by atoms with Gasteiger partial charge in [-0.1, -0.05) is 12.1 Å². The minimum atomic E-state index is 0.147. The number of aryl methyl sites for hydroxylation is 1. The molecule has 0 saturated carbocycles. The van der Waals surface area contributed by atoms with E-state index in [-0.39, 0.29) is 5.91 Å². The average molecular weight is 229 g/mol. The molecule has 0 atom stereocenters. The van der Waals surface area contributed by atoms with Gasteiger partial charge in [0.2, 0.25) is 5.91 Å². The summed E-state index contributed by atoms with van der Waals surface area (Å²) < 4.78 is 2.04. The molecule has 1 aliphatic rings. The van der Waals surface area contributed by atoms with Gasteiger partial charge in [-0.25, -0.2) is 0 Å². The van der Waals surface area contributed by atoms with Crippen LogP contribution in [0, 0.1) is 6.92 Å². The van der Waals surface area contributed by atoms with Crippen molar-refractivity contribution in [2.24, 2.45) is 0 Å². The van der Waals surface area contributed by atoms with Crippen molar-refractivity contribution in [1.82, 2.24) is 14.7 Å². The Kier molecular flexibility index (Phi) is 2.18. The van der Waals surface area contributed by atoms with Crippen molar-refractivity contribution < 1.29 is 4.79 Å². The number of hydrogen-bond acceptors (Lipinski definition) is 2. The number of aromatic nitrogens is 2. The Labute approximate surface area is 99.8 Å². The summed E-state index contributed by atoms with van der Waals surface area (Å²) in [5, 5.41) is 5.59. The van der Waals surface area contributed by atoms with Crippen molar-refractivity contribution in [3.63, 3.8) is 0 Å². The Morgan fingerprint density at radius 3 is 2.88 bits per heavy atom. The maximum absolute atomic E-state index is 11.2. The lowest BCUT2D eigenvalue weighted by Gasteiger charge is -2.38. The number of rotatable bonds is 1. The highest BCUT2D eigenvalue weighted by Crippen LogP contribution is 2.25.